The van der Waals surface area contributed by atoms with Crippen LogP contribution < -0.4 is 14.8 Å². The highest BCUT2D eigenvalue weighted by atomic mass is 16.5. The van der Waals surface area contributed by atoms with E-state index in [0.29, 0.717) is 42.2 Å². The highest BCUT2D eigenvalue weighted by Crippen LogP contribution is 2.35. The van der Waals surface area contributed by atoms with Gasteiger partial charge in [0.05, 0.1) is 14.2 Å². The van der Waals surface area contributed by atoms with Crippen molar-refractivity contribution in [3.8, 4) is 11.5 Å². The lowest BCUT2D eigenvalue weighted by Crippen LogP contribution is -2.45. The molecule has 0 radical (unpaired) electrons. The van der Waals surface area contributed by atoms with Gasteiger partial charge in [-0.25, -0.2) is 0 Å². The molecule has 0 bridgehead atoms. The number of hydrogen-bond acceptors (Lipinski definition) is 4. The third-order valence-corrected chi connectivity index (χ3v) is 6.04. The Labute approximate surface area is 167 Å². The van der Waals surface area contributed by atoms with E-state index < -0.39 is 0 Å². The zero-order chi connectivity index (χ0) is 20.1. The zero-order valence-corrected chi connectivity index (χ0v) is 17.2. The Hall–Kier alpha value is -2.24. The van der Waals surface area contributed by atoms with Gasteiger partial charge in [0.2, 0.25) is 11.8 Å². The minimum absolute atomic E-state index is 0.0696. The first-order valence-corrected chi connectivity index (χ1v) is 10.3. The van der Waals surface area contributed by atoms with Crippen LogP contribution in [0, 0.1) is 17.8 Å². The maximum Gasteiger partial charge on any atom is 0.225 e. The number of carbonyl (C=O) groups is 2. The Morgan fingerprint density at radius 3 is 2.50 bits per heavy atom. The summed E-state index contributed by atoms with van der Waals surface area (Å²) in [5.41, 5.74) is 0.975. The molecule has 1 aromatic rings. The van der Waals surface area contributed by atoms with Gasteiger partial charge in [-0.2, -0.15) is 0 Å². The topological polar surface area (TPSA) is 67.9 Å². The van der Waals surface area contributed by atoms with Crippen LogP contribution in [-0.2, 0) is 16.1 Å². The summed E-state index contributed by atoms with van der Waals surface area (Å²) in [6, 6.07) is 5.66. The molecule has 0 unspecified atom stereocenters. The van der Waals surface area contributed by atoms with E-state index in [9.17, 15) is 9.59 Å². The molecule has 154 valence electrons. The van der Waals surface area contributed by atoms with Gasteiger partial charge < -0.3 is 19.7 Å². The molecule has 6 heteroatoms. The number of nitrogens with zero attached hydrogens (tertiary/aromatic N) is 1. The fraction of sp³-hybridized carbons (Fsp3) is 0.636. The van der Waals surface area contributed by atoms with Crippen molar-refractivity contribution in [3.05, 3.63) is 23.8 Å². The van der Waals surface area contributed by atoms with Gasteiger partial charge in [-0.3, -0.25) is 9.59 Å². The molecule has 28 heavy (non-hydrogen) atoms. The van der Waals surface area contributed by atoms with Gasteiger partial charge in [0, 0.05) is 32.0 Å². The zero-order valence-electron chi connectivity index (χ0n) is 17.2. The Morgan fingerprint density at radius 2 is 1.86 bits per heavy atom. The van der Waals surface area contributed by atoms with Gasteiger partial charge in [-0.05, 0) is 48.8 Å². The fourth-order valence-electron chi connectivity index (χ4n) is 4.10. The maximum absolute atomic E-state index is 12.5. The van der Waals surface area contributed by atoms with E-state index in [1.807, 2.05) is 23.1 Å². The summed E-state index contributed by atoms with van der Waals surface area (Å²) < 4.78 is 10.6. The molecular weight excluding hydrogens is 356 g/mol. The SMILES string of the molecule is CC[C@@H]1CN(C(=O)C2CC2)CC[C@H]1CC(=O)NCc1ccc(OC)c(OC)c1. The highest BCUT2D eigenvalue weighted by molar-refractivity contribution is 5.81. The van der Waals surface area contributed by atoms with Crippen LogP contribution in [0.4, 0.5) is 0 Å². The molecular formula is C22H32N2O4. The molecule has 2 aliphatic rings. The lowest BCUT2D eigenvalue weighted by Gasteiger charge is -2.38. The van der Waals surface area contributed by atoms with Crippen LogP contribution in [0.2, 0.25) is 0 Å². The van der Waals surface area contributed by atoms with Crippen molar-refractivity contribution in [2.45, 2.75) is 45.6 Å². The summed E-state index contributed by atoms with van der Waals surface area (Å²) in [6.45, 7) is 4.22. The summed E-state index contributed by atoms with van der Waals surface area (Å²) in [4.78, 5) is 26.9. The third kappa shape index (κ3) is 4.97. The second kappa shape index (κ2) is 9.30. The number of likely N-dealkylation sites (tertiary alicyclic amines) is 1. The van der Waals surface area contributed by atoms with Gasteiger partial charge in [-0.15, -0.1) is 0 Å². The van der Waals surface area contributed by atoms with Crippen LogP contribution in [0.5, 0.6) is 11.5 Å². The number of carbonyl (C=O) groups excluding carboxylic acids is 2. The van der Waals surface area contributed by atoms with Crippen LogP contribution in [0.25, 0.3) is 0 Å². The van der Waals surface area contributed by atoms with Gasteiger partial charge in [0.1, 0.15) is 0 Å². The molecule has 1 N–H and O–H groups in total. The molecule has 1 aromatic carbocycles. The van der Waals surface area contributed by atoms with E-state index in [2.05, 4.69) is 12.2 Å². The lowest BCUT2D eigenvalue weighted by atomic mass is 9.81. The van der Waals surface area contributed by atoms with E-state index in [0.717, 1.165) is 44.3 Å². The van der Waals surface area contributed by atoms with E-state index in [4.69, 9.17) is 9.47 Å². The predicted molar refractivity (Wildman–Crippen MR) is 107 cm³/mol. The number of benzene rings is 1. The van der Waals surface area contributed by atoms with Gasteiger partial charge in [0.15, 0.2) is 11.5 Å². The van der Waals surface area contributed by atoms with Crippen molar-refractivity contribution in [1.29, 1.82) is 0 Å². The summed E-state index contributed by atoms with van der Waals surface area (Å²) in [6.07, 6.45) is 4.54. The van der Waals surface area contributed by atoms with E-state index in [1.165, 1.54) is 0 Å². The number of hydrogen-bond donors (Lipinski definition) is 1. The molecule has 1 aliphatic carbocycles. The molecule has 1 saturated carbocycles. The van der Waals surface area contributed by atoms with Crippen molar-refractivity contribution < 1.29 is 19.1 Å². The summed E-state index contributed by atoms with van der Waals surface area (Å²) >= 11 is 0. The highest BCUT2D eigenvalue weighted by Gasteiger charge is 2.37. The first kappa shape index (κ1) is 20.5. The third-order valence-electron chi connectivity index (χ3n) is 6.04. The smallest absolute Gasteiger partial charge is 0.225 e. The molecule has 2 atom stereocenters. The molecule has 1 aliphatic heterocycles. The molecule has 2 amide bonds. The molecule has 0 aromatic heterocycles. The van der Waals surface area contributed by atoms with Crippen molar-refractivity contribution in [1.82, 2.24) is 10.2 Å². The van der Waals surface area contributed by atoms with E-state index in [-0.39, 0.29) is 11.8 Å². The normalized spacial score (nSPS) is 21.9. The van der Waals surface area contributed by atoms with Crippen LogP contribution in [0.3, 0.4) is 0 Å². The lowest BCUT2D eigenvalue weighted by molar-refractivity contribution is -0.135. The van der Waals surface area contributed by atoms with Crippen molar-refractivity contribution in [2.24, 2.45) is 17.8 Å². The Balaban J connectivity index is 1.49. The monoisotopic (exact) mass is 388 g/mol. The van der Waals surface area contributed by atoms with Crippen molar-refractivity contribution in [3.63, 3.8) is 0 Å². The molecule has 1 heterocycles. The summed E-state index contributed by atoms with van der Waals surface area (Å²) in [5, 5.41) is 3.03. The average molecular weight is 389 g/mol. The first-order chi connectivity index (χ1) is 13.5. The van der Waals surface area contributed by atoms with E-state index >= 15 is 0 Å². The van der Waals surface area contributed by atoms with Crippen molar-refractivity contribution >= 4 is 11.8 Å². The standard InChI is InChI=1S/C22H32N2O4/c1-4-16-14-24(22(26)17-6-7-17)10-9-18(16)12-21(25)23-13-15-5-8-19(27-2)20(11-15)28-3/h5,8,11,16-18H,4,6-7,9-10,12-14H2,1-3H3,(H,23,25)/t16-,18+/m1/s1. The largest absolute Gasteiger partial charge is 0.493 e. The minimum Gasteiger partial charge on any atom is -0.493 e. The Bertz CT molecular complexity index is 702. The first-order valence-electron chi connectivity index (χ1n) is 10.3. The molecule has 1 saturated heterocycles. The fourth-order valence-corrected chi connectivity index (χ4v) is 4.10. The number of methoxy groups -OCH3 is 2. The molecule has 6 nitrogen and oxygen atoms in total. The number of piperidine rings is 1. The molecule has 3 rings (SSSR count). The summed E-state index contributed by atoms with van der Waals surface area (Å²) in [7, 11) is 3.21. The van der Waals surface area contributed by atoms with Gasteiger partial charge >= 0.3 is 0 Å². The van der Waals surface area contributed by atoms with Crippen LogP contribution >= 0.6 is 0 Å². The number of rotatable bonds is 8. The van der Waals surface area contributed by atoms with Crippen LogP contribution in [0.1, 0.15) is 44.6 Å². The minimum atomic E-state index is 0.0696. The average Bonchev–Trinajstić information content (AvgIpc) is 3.57. The van der Waals surface area contributed by atoms with E-state index in [1.54, 1.807) is 14.2 Å². The number of nitrogens with one attached hydrogen (secondary N) is 1. The van der Waals surface area contributed by atoms with Crippen LogP contribution in [-0.4, -0.2) is 44.0 Å². The number of ether oxygens (including phenoxy) is 2. The van der Waals surface area contributed by atoms with Crippen molar-refractivity contribution in [2.75, 3.05) is 27.3 Å². The Kier molecular flexibility index (Phi) is 6.81. The quantitative estimate of drug-likeness (QED) is 0.743. The second-order valence-electron chi connectivity index (χ2n) is 7.95. The second-order valence-corrected chi connectivity index (χ2v) is 7.95. The van der Waals surface area contributed by atoms with Gasteiger partial charge in [0.25, 0.3) is 0 Å². The van der Waals surface area contributed by atoms with Crippen LogP contribution in [0.15, 0.2) is 18.2 Å². The Morgan fingerprint density at radius 1 is 1.11 bits per heavy atom. The van der Waals surface area contributed by atoms with Gasteiger partial charge in [-0.1, -0.05) is 19.4 Å². The number of amides is 2. The summed E-state index contributed by atoms with van der Waals surface area (Å²) in [5.74, 6) is 2.76. The molecule has 2 fully saturated rings. The predicted octanol–water partition coefficient (Wildman–Crippen LogP) is 2.99. The molecule has 0 spiro atoms. The maximum atomic E-state index is 12.5.